The second-order valence-corrected chi connectivity index (χ2v) is 3.04. The molecule has 0 aliphatic carbocycles. The highest BCUT2D eigenvalue weighted by Crippen LogP contribution is 2.21. The molecule has 0 spiro atoms. The summed E-state index contributed by atoms with van der Waals surface area (Å²) in [5, 5.41) is 0.0959. The van der Waals surface area contributed by atoms with Gasteiger partial charge in [0.2, 0.25) is 0 Å². The number of hydrogen-bond donors (Lipinski definition) is 0. The molecular formula is C10H10ClFO. The van der Waals surface area contributed by atoms with Gasteiger partial charge in [-0.1, -0.05) is 24.3 Å². The van der Waals surface area contributed by atoms with Gasteiger partial charge in [-0.3, -0.25) is 0 Å². The molecule has 0 amide bonds. The molecular weight excluding hydrogens is 191 g/mol. The SMILES string of the molecule is C=CC(C)Oc1ccc(Cl)c(F)c1. The topological polar surface area (TPSA) is 9.23 Å². The molecule has 0 bridgehead atoms. The van der Waals surface area contributed by atoms with Gasteiger partial charge in [-0.25, -0.2) is 4.39 Å². The summed E-state index contributed by atoms with van der Waals surface area (Å²) in [4.78, 5) is 0. The van der Waals surface area contributed by atoms with E-state index in [0.717, 1.165) is 0 Å². The fraction of sp³-hybridized carbons (Fsp3) is 0.200. The van der Waals surface area contributed by atoms with Gasteiger partial charge < -0.3 is 4.74 Å². The summed E-state index contributed by atoms with van der Waals surface area (Å²) in [6.07, 6.45) is 1.49. The molecule has 0 radical (unpaired) electrons. The third-order valence-corrected chi connectivity index (χ3v) is 1.85. The molecule has 1 aromatic rings. The lowest BCUT2D eigenvalue weighted by Gasteiger charge is -2.10. The van der Waals surface area contributed by atoms with Crippen molar-refractivity contribution in [2.45, 2.75) is 13.0 Å². The van der Waals surface area contributed by atoms with Crippen molar-refractivity contribution >= 4 is 11.6 Å². The normalized spacial score (nSPS) is 12.2. The van der Waals surface area contributed by atoms with Gasteiger partial charge in [-0.15, -0.1) is 0 Å². The van der Waals surface area contributed by atoms with Gasteiger partial charge in [0.15, 0.2) is 0 Å². The monoisotopic (exact) mass is 200 g/mol. The molecule has 3 heteroatoms. The molecule has 0 fully saturated rings. The standard InChI is InChI=1S/C10H10ClFO/c1-3-7(2)13-8-4-5-9(11)10(12)6-8/h3-7H,1H2,2H3. The fourth-order valence-corrected chi connectivity index (χ4v) is 0.930. The quantitative estimate of drug-likeness (QED) is 0.680. The second kappa shape index (κ2) is 4.28. The minimum Gasteiger partial charge on any atom is -0.487 e. The van der Waals surface area contributed by atoms with Crippen LogP contribution in [0.2, 0.25) is 5.02 Å². The molecule has 0 saturated carbocycles. The van der Waals surface area contributed by atoms with Crippen molar-refractivity contribution < 1.29 is 9.13 Å². The van der Waals surface area contributed by atoms with E-state index in [9.17, 15) is 4.39 Å². The first kappa shape index (κ1) is 10.1. The third-order valence-electron chi connectivity index (χ3n) is 1.54. The molecule has 0 N–H and O–H groups in total. The maximum Gasteiger partial charge on any atom is 0.145 e. The molecule has 70 valence electrons. The van der Waals surface area contributed by atoms with E-state index >= 15 is 0 Å². The predicted octanol–water partition coefficient (Wildman–Crippen LogP) is 3.43. The van der Waals surface area contributed by atoms with E-state index in [4.69, 9.17) is 16.3 Å². The predicted molar refractivity (Wildman–Crippen MR) is 51.7 cm³/mol. The first-order chi connectivity index (χ1) is 6.13. The van der Waals surface area contributed by atoms with Crippen LogP contribution in [0.3, 0.4) is 0 Å². The van der Waals surface area contributed by atoms with Crippen LogP contribution in [0.25, 0.3) is 0 Å². The van der Waals surface area contributed by atoms with E-state index < -0.39 is 5.82 Å². The van der Waals surface area contributed by atoms with Crippen LogP contribution in [0.15, 0.2) is 30.9 Å². The van der Waals surface area contributed by atoms with E-state index in [0.29, 0.717) is 5.75 Å². The first-order valence-corrected chi connectivity index (χ1v) is 4.25. The Hall–Kier alpha value is -1.02. The zero-order chi connectivity index (χ0) is 9.84. The molecule has 0 aliphatic heterocycles. The van der Waals surface area contributed by atoms with Crippen molar-refractivity contribution in [2.24, 2.45) is 0 Å². The van der Waals surface area contributed by atoms with Crippen molar-refractivity contribution in [1.29, 1.82) is 0 Å². The van der Waals surface area contributed by atoms with E-state index in [1.54, 1.807) is 12.1 Å². The highest BCUT2D eigenvalue weighted by molar-refractivity contribution is 6.30. The molecule has 1 rings (SSSR count). The fourth-order valence-electron chi connectivity index (χ4n) is 0.813. The molecule has 0 heterocycles. The average Bonchev–Trinajstić information content (AvgIpc) is 2.11. The Kier molecular flexibility index (Phi) is 3.32. The Balaban J connectivity index is 2.79. The van der Waals surface area contributed by atoms with Crippen molar-refractivity contribution in [3.05, 3.63) is 41.7 Å². The zero-order valence-electron chi connectivity index (χ0n) is 7.26. The van der Waals surface area contributed by atoms with Crippen LogP contribution < -0.4 is 4.74 Å². The van der Waals surface area contributed by atoms with E-state index in [2.05, 4.69) is 6.58 Å². The highest BCUT2D eigenvalue weighted by Gasteiger charge is 2.03. The Morgan fingerprint density at radius 3 is 2.85 bits per heavy atom. The van der Waals surface area contributed by atoms with Crippen LogP contribution >= 0.6 is 11.6 Å². The van der Waals surface area contributed by atoms with E-state index in [1.165, 1.54) is 12.1 Å². The number of benzene rings is 1. The number of hydrogen-bond acceptors (Lipinski definition) is 1. The summed E-state index contributed by atoms with van der Waals surface area (Å²) in [6, 6.07) is 4.33. The number of rotatable bonds is 3. The summed E-state index contributed by atoms with van der Waals surface area (Å²) >= 11 is 5.50. The van der Waals surface area contributed by atoms with Crippen LogP contribution in [-0.4, -0.2) is 6.10 Å². The van der Waals surface area contributed by atoms with Crippen LogP contribution in [0, 0.1) is 5.82 Å². The van der Waals surface area contributed by atoms with E-state index in [-0.39, 0.29) is 11.1 Å². The van der Waals surface area contributed by atoms with Crippen molar-refractivity contribution in [3.8, 4) is 5.75 Å². The van der Waals surface area contributed by atoms with Crippen molar-refractivity contribution in [1.82, 2.24) is 0 Å². The molecule has 1 aromatic carbocycles. The van der Waals surface area contributed by atoms with Crippen LogP contribution in [0.4, 0.5) is 4.39 Å². The Morgan fingerprint density at radius 2 is 2.31 bits per heavy atom. The van der Waals surface area contributed by atoms with Gasteiger partial charge in [0.25, 0.3) is 0 Å². The summed E-state index contributed by atoms with van der Waals surface area (Å²) in [6.45, 7) is 5.37. The summed E-state index contributed by atoms with van der Waals surface area (Å²) in [5.41, 5.74) is 0. The molecule has 0 saturated heterocycles. The second-order valence-electron chi connectivity index (χ2n) is 2.63. The maximum atomic E-state index is 12.9. The number of halogens is 2. The third kappa shape index (κ3) is 2.74. The maximum absolute atomic E-state index is 12.9. The molecule has 1 nitrogen and oxygen atoms in total. The summed E-state index contributed by atoms with van der Waals surface area (Å²) in [7, 11) is 0. The number of ether oxygens (including phenoxy) is 1. The molecule has 13 heavy (non-hydrogen) atoms. The van der Waals surface area contributed by atoms with Gasteiger partial charge in [0, 0.05) is 6.07 Å². The van der Waals surface area contributed by atoms with Gasteiger partial charge in [-0.2, -0.15) is 0 Å². The lowest BCUT2D eigenvalue weighted by molar-refractivity contribution is 0.269. The van der Waals surface area contributed by atoms with Gasteiger partial charge >= 0.3 is 0 Å². The molecule has 1 atom stereocenters. The Labute approximate surface area is 81.8 Å². The minimum absolute atomic E-state index is 0.0959. The lowest BCUT2D eigenvalue weighted by Crippen LogP contribution is -2.07. The molecule has 0 aliphatic rings. The molecule has 0 aromatic heterocycles. The van der Waals surface area contributed by atoms with Crippen LogP contribution in [-0.2, 0) is 0 Å². The largest absolute Gasteiger partial charge is 0.487 e. The van der Waals surface area contributed by atoms with Crippen LogP contribution in [0.5, 0.6) is 5.75 Å². The Morgan fingerprint density at radius 1 is 1.62 bits per heavy atom. The van der Waals surface area contributed by atoms with Crippen molar-refractivity contribution in [3.63, 3.8) is 0 Å². The lowest BCUT2D eigenvalue weighted by atomic mass is 10.3. The summed E-state index contributed by atoms with van der Waals surface area (Å²) < 4.78 is 18.2. The Bertz CT molecular complexity index is 312. The van der Waals surface area contributed by atoms with Crippen LogP contribution in [0.1, 0.15) is 6.92 Å². The first-order valence-electron chi connectivity index (χ1n) is 3.87. The van der Waals surface area contributed by atoms with E-state index in [1.807, 2.05) is 6.92 Å². The summed E-state index contributed by atoms with van der Waals surface area (Å²) in [5.74, 6) is -0.0234. The molecule has 1 unspecified atom stereocenters. The van der Waals surface area contributed by atoms with Gasteiger partial charge in [0.1, 0.15) is 17.7 Å². The zero-order valence-corrected chi connectivity index (χ0v) is 8.01. The average molecular weight is 201 g/mol. The van der Waals surface area contributed by atoms with Gasteiger partial charge in [-0.05, 0) is 19.1 Å². The minimum atomic E-state index is -0.476. The van der Waals surface area contributed by atoms with Gasteiger partial charge in [0.05, 0.1) is 5.02 Å². The van der Waals surface area contributed by atoms with Crippen molar-refractivity contribution in [2.75, 3.05) is 0 Å². The smallest absolute Gasteiger partial charge is 0.145 e. The highest BCUT2D eigenvalue weighted by atomic mass is 35.5.